The first kappa shape index (κ1) is 7.88. The summed E-state index contributed by atoms with van der Waals surface area (Å²) < 4.78 is 4.78. The van der Waals surface area contributed by atoms with Crippen molar-refractivity contribution in [2.45, 2.75) is 12.5 Å². The van der Waals surface area contributed by atoms with Crippen molar-refractivity contribution in [2.75, 3.05) is 20.3 Å². The quantitative estimate of drug-likeness (QED) is 0.513. The maximum absolute atomic E-state index is 5.49. The van der Waals surface area contributed by atoms with Crippen LogP contribution in [0.4, 0.5) is 0 Å². The van der Waals surface area contributed by atoms with Crippen LogP contribution in [0.3, 0.4) is 0 Å². The Morgan fingerprint density at radius 3 is 2.62 bits per heavy atom. The van der Waals surface area contributed by atoms with E-state index in [1.165, 1.54) is 0 Å². The fraction of sp³-hybridized carbons (Fsp3) is 1.00. The number of hydrogen-bond donors (Lipinski definition) is 2. The molecule has 0 fully saturated rings. The molecule has 0 saturated heterocycles. The van der Waals surface area contributed by atoms with Gasteiger partial charge < -0.3 is 16.2 Å². The lowest BCUT2D eigenvalue weighted by atomic mass is 10.2. The van der Waals surface area contributed by atoms with Crippen LogP contribution in [0, 0.1) is 0 Å². The average molecular weight is 118 g/mol. The minimum atomic E-state index is 0.116. The van der Waals surface area contributed by atoms with Gasteiger partial charge in [0.15, 0.2) is 0 Å². The van der Waals surface area contributed by atoms with Crippen LogP contribution in [0.15, 0.2) is 0 Å². The van der Waals surface area contributed by atoms with Gasteiger partial charge in [-0.2, -0.15) is 0 Å². The van der Waals surface area contributed by atoms with Gasteiger partial charge in [-0.1, -0.05) is 0 Å². The lowest BCUT2D eigenvalue weighted by molar-refractivity contribution is 0.178. The van der Waals surface area contributed by atoms with Gasteiger partial charge in [0.25, 0.3) is 0 Å². The largest absolute Gasteiger partial charge is 0.383 e. The molecule has 0 heterocycles. The first-order valence-corrected chi connectivity index (χ1v) is 2.76. The molecule has 3 heteroatoms. The second-order valence-electron chi connectivity index (χ2n) is 1.79. The van der Waals surface area contributed by atoms with E-state index in [-0.39, 0.29) is 6.04 Å². The molecule has 0 bridgehead atoms. The number of methoxy groups -OCH3 is 1. The molecule has 3 nitrogen and oxygen atoms in total. The van der Waals surface area contributed by atoms with Crippen LogP contribution in [0.25, 0.3) is 0 Å². The van der Waals surface area contributed by atoms with Gasteiger partial charge in [-0.15, -0.1) is 0 Å². The molecular formula is C5H14N2O. The van der Waals surface area contributed by atoms with Crippen LogP contribution in [0.1, 0.15) is 6.42 Å². The van der Waals surface area contributed by atoms with Crippen molar-refractivity contribution in [1.82, 2.24) is 0 Å². The number of nitrogens with two attached hydrogens (primary N) is 2. The first-order chi connectivity index (χ1) is 3.81. The Hall–Kier alpha value is -0.120. The highest BCUT2D eigenvalue weighted by Gasteiger charge is 1.96. The van der Waals surface area contributed by atoms with E-state index in [1.54, 1.807) is 7.11 Å². The Kier molecular flexibility index (Phi) is 4.95. The monoisotopic (exact) mass is 118 g/mol. The fourth-order valence-electron chi connectivity index (χ4n) is 0.511. The summed E-state index contributed by atoms with van der Waals surface area (Å²) >= 11 is 0. The molecule has 4 N–H and O–H groups in total. The van der Waals surface area contributed by atoms with E-state index in [4.69, 9.17) is 16.2 Å². The average Bonchev–Trinajstić information content (AvgIpc) is 1.68. The Balaban J connectivity index is 2.92. The van der Waals surface area contributed by atoms with Crippen molar-refractivity contribution in [3.05, 3.63) is 0 Å². The van der Waals surface area contributed by atoms with E-state index >= 15 is 0 Å². The third-order valence-electron chi connectivity index (χ3n) is 0.918. The van der Waals surface area contributed by atoms with Gasteiger partial charge in [0.2, 0.25) is 0 Å². The van der Waals surface area contributed by atoms with Crippen molar-refractivity contribution < 1.29 is 4.74 Å². The van der Waals surface area contributed by atoms with Gasteiger partial charge in [-0.25, -0.2) is 0 Å². The molecule has 0 aliphatic carbocycles. The molecule has 8 heavy (non-hydrogen) atoms. The minimum absolute atomic E-state index is 0.116. The molecule has 0 unspecified atom stereocenters. The van der Waals surface area contributed by atoms with Gasteiger partial charge in [-0.3, -0.25) is 0 Å². The van der Waals surface area contributed by atoms with Gasteiger partial charge in [0.05, 0.1) is 6.61 Å². The Bertz CT molecular complexity index is 43.7. The van der Waals surface area contributed by atoms with E-state index in [2.05, 4.69) is 0 Å². The molecule has 0 saturated carbocycles. The molecule has 0 amide bonds. The summed E-state index contributed by atoms with van der Waals surface area (Å²) in [6, 6.07) is 0.116. The van der Waals surface area contributed by atoms with Crippen LogP contribution in [-0.4, -0.2) is 26.3 Å². The van der Waals surface area contributed by atoms with Gasteiger partial charge in [-0.05, 0) is 13.0 Å². The molecule has 0 aliphatic rings. The predicted molar refractivity (Wildman–Crippen MR) is 33.5 cm³/mol. The smallest absolute Gasteiger partial charge is 0.0614 e. The molecule has 1 atom stereocenters. The van der Waals surface area contributed by atoms with E-state index in [9.17, 15) is 0 Å². The molecule has 50 valence electrons. The summed E-state index contributed by atoms with van der Waals surface area (Å²) in [5.41, 5.74) is 10.7. The summed E-state index contributed by atoms with van der Waals surface area (Å²) in [6.45, 7) is 1.25. The summed E-state index contributed by atoms with van der Waals surface area (Å²) in [7, 11) is 1.64. The molecule has 0 radical (unpaired) electrons. The van der Waals surface area contributed by atoms with Crippen LogP contribution in [0.2, 0.25) is 0 Å². The second kappa shape index (κ2) is 5.03. The van der Waals surface area contributed by atoms with Crippen molar-refractivity contribution in [1.29, 1.82) is 0 Å². The van der Waals surface area contributed by atoms with E-state index < -0.39 is 0 Å². The predicted octanol–water partition coefficient (Wildman–Crippen LogP) is -0.691. The van der Waals surface area contributed by atoms with E-state index in [1.807, 2.05) is 0 Å². The van der Waals surface area contributed by atoms with Crippen LogP contribution < -0.4 is 11.5 Å². The van der Waals surface area contributed by atoms with Crippen LogP contribution >= 0.6 is 0 Å². The Morgan fingerprint density at radius 1 is 1.62 bits per heavy atom. The topological polar surface area (TPSA) is 61.3 Å². The highest BCUT2D eigenvalue weighted by atomic mass is 16.5. The van der Waals surface area contributed by atoms with E-state index in [0.717, 1.165) is 6.42 Å². The molecule has 0 spiro atoms. The highest BCUT2D eigenvalue weighted by Crippen LogP contribution is 1.83. The fourth-order valence-corrected chi connectivity index (χ4v) is 0.511. The van der Waals surface area contributed by atoms with Crippen molar-refractivity contribution in [2.24, 2.45) is 11.5 Å². The minimum Gasteiger partial charge on any atom is -0.383 e. The summed E-state index contributed by atoms with van der Waals surface area (Å²) in [4.78, 5) is 0. The normalized spacial score (nSPS) is 13.9. The van der Waals surface area contributed by atoms with Crippen LogP contribution in [0.5, 0.6) is 0 Å². The summed E-state index contributed by atoms with van der Waals surface area (Å²) in [5, 5.41) is 0. The Labute approximate surface area is 50.0 Å². The van der Waals surface area contributed by atoms with Crippen molar-refractivity contribution >= 4 is 0 Å². The third-order valence-corrected chi connectivity index (χ3v) is 0.918. The first-order valence-electron chi connectivity index (χ1n) is 2.76. The molecule has 0 aromatic rings. The zero-order valence-electron chi connectivity index (χ0n) is 5.26. The molecule has 0 aliphatic heterocycles. The zero-order valence-corrected chi connectivity index (χ0v) is 5.26. The molecule has 0 rings (SSSR count). The lowest BCUT2D eigenvalue weighted by Gasteiger charge is -2.06. The Morgan fingerprint density at radius 2 is 2.25 bits per heavy atom. The summed E-state index contributed by atoms with van der Waals surface area (Å²) in [6.07, 6.45) is 0.841. The lowest BCUT2D eigenvalue weighted by Crippen LogP contribution is -2.28. The zero-order chi connectivity index (χ0) is 6.41. The van der Waals surface area contributed by atoms with Gasteiger partial charge in [0, 0.05) is 13.2 Å². The molecule has 0 aromatic carbocycles. The standard InChI is InChI=1S/C5H14N2O/c1-8-4-5(7)2-3-6/h5H,2-4,6-7H2,1H3/t5-/m0/s1. The van der Waals surface area contributed by atoms with Crippen molar-refractivity contribution in [3.8, 4) is 0 Å². The molecule has 0 aromatic heterocycles. The summed E-state index contributed by atoms with van der Waals surface area (Å²) in [5.74, 6) is 0. The van der Waals surface area contributed by atoms with Gasteiger partial charge >= 0.3 is 0 Å². The number of rotatable bonds is 4. The number of hydrogen-bond acceptors (Lipinski definition) is 3. The maximum atomic E-state index is 5.49. The van der Waals surface area contributed by atoms with E-state index in [0.29, 0.717) is 13.2 Å². The third kappa shape index (κ3) is 4.05. The second-order valence-corrected chi connectivity index (χ2v) is 1.79. The highest BCUT2D eigenvalue weighted by molar-refractivity contribution is 4.58. The number of ether oxygens (including phenoxy) is 1. The van der Waals surface area contributed by atoms with Gasteiger partial charge in [0.1, 0.15) is 0 Å². The SMILES string of the molecule is COC[C@@H](N)CCN. The van der Waals surface area contributed by atoms with Crippen LogP contribution in [-0.2, 0) is 4.74 Å². The maximum Gasteiger partial charge on any atom is 0.0614 e. The van der Waals surface area contributed by atoms with Crippen molar-refractivity contribution in [3.63, 3.8) is 0 Å². The molecular weight excluding hydrogens is 104 g/mol.